The number of halogens is 1. The fourth-order valence-corrected chi connectivity index (χ4v) is 5.31. The standard InChI is InChI=1S/C13H25BrN2O3S/c1-11-5-4-6-15(8-11)20(17,18)16-9-12(7-14)19-13(2,3)10-16/h11-12H,4-10H2,1-3H3. The topological polar surface area (TPSA) is 49.9 Å². The highest BCUT2D eigenvalue weighted by atomic mass is 79.9. The first-order valence-electron chi connectivity index (χ1n) is 7.23. The van der Waals surface area contributed by atoms with Crippen molar-refractivity contribution in [3.05, 3.63) is 0 Å². The lowest BCUT2D eigenvalue weighted by Gasteiger charge is -2.44. The van der Waals surface area contributed by atoms with E-state index < -0.39 is 15.8 Å². The molecule has 0 spiro atoms. The Hall–Kier alpha value is 0.310. The molecule has 118 valence electrons. The number of ether oxygens (including phenoxy) is 1. The molecular weight excluding hydrogens is 344 g/mol. The Balaban J connectivity index is 2.15. The molecule has 2 fully saturated rings. The van der Waals surface area contributed by atoms with Gasteiger partial charge in [-0.3, -0.25) is 0 Å². The minimum absolute atomic E-state index is 0.0873. The molecule has 0 aromatic carbocycles. The third-order valence-corrected chi connectivity index (χ3v) is 6.53. The summed E-state index contributed by atoms with van der Waals surface area (Å²) in [7, 11) is -3.37. The lowest BCUT2D eigenvalue weighted by Crippen LogP contribution is -2.58. The second-order valence-corrected chi connectivity index (χ2v) is 9.14. The van der Waals surface area contributed by atoms with Crippen molar-refractivity contribution in [3.63, 3.8) is 0 Å². The fourth-order valence-electron chi connectivity index (χ4n) is 3.02. The Bertz CT molecular complexity index is 441. The second-order valence-electron chi connectivity index (χ2n) is 6.56. The molecule has 20 heavy (non-hydrogen) atoms. The van der Waals surface area contributed by atoms with Gasteiger partial charge in [0.25, 0.3) is 10.2 Å². The summed E-state index contributed by atoms with van der Waals surface area (Å²) < 4.78 is 34.8. The molecule has 5 nitrogen and oxygen atoms in total. The van der Waals surface area contributed by atoms with Crippen molar-refractivity contribution < 1.29 is 13.2 Å². The van der Waals surface area contributed by atoms with Gasteiger partial charge < -0.3 is 4.74 Å². The van der Waals surface area contributed by atoms with Gasteiger partial charge in [-0.25, -0.2) is 0 Å². The van der Waals surface area contributed by atoms with Crippen molar-refractivity contribution in [1.29, 1.82) is 0 Å². The van der Waals surface area contributed by atoms with Crippen LogP contribution in [0.3, 0.4) is 0 Å². The summed E-state index contributed by atoms with van der Waals surface area (Å²) in [6, 6.07) is 0. The molecule has 2 aliphatic rings. The maximum absolute atomic E-state index is 12.8. The summed E-state index contributed by atoms with van der Waals surface area (Å²) in [6.07, 6.45) is 1.98. The Morgan fingerprint density at radius 2 is 2.00 bits per heavy atom. The van der Waals surface area contributed by atoms with Gasteiger partial charge in [-0.1, -0.05) is 22.9 Å². The van der Waals surface area contributed by atoms with Gasteiger partial charge in [0.15, 0.2) is 0 Å². The van der Waals surface area contributed by atoms with Gasteiger partial charge in [-0.05, 0) is 32.6 Å². The summed E-state index contributed by atoms with van der Waals surface area (Å²) in [5.74, 6) is 0.444. The molecule has 0 saturated carbocycles. The highest BCUT2D eigenvalue weighted by molar-refractivity contribution is 9.09. The highest BCUT2D eigenvalue weighted by Crippen LogP contribution is 2.27. The maximum Gasteiger partial charge on any atom is 0.282 e. The largest absolute Gasteiger partial charge is 0.369 e. The van der Waals surface area contributed by atoms with Crippen LogP contribution in [0.15, 0.2) is 0 Å². The number of hydrogen-bond acceptors (Lipinski definition) is 3. The summed E-state index contributed by atoms with van der Waals surface area (Å²) in [6.45, 7) is 8.15. The van der Waals surface area contributed by atoms with E-state index in [1.165, 1.54) is 0 Å². The summed E-state index contributed by atoms with van der Waals surface area (Å²) in [5.41, 5.74) is -0.439. The molecule has 0 amide bonds. The summed E-state index contributed by atoms with van der Waals surface area (Å²) in [5, 5.41) is 0.652. The molecule has 0 aromatic rings. The molecule has 0 radical (unpaired) electrons. The van der Waals surface area contributed by atoms with Gasteiger partial charge in [-0.2, -0.15) is 17.0 Å². The maximum atomic E-state index is 12.8. The lowest BCUT2D eigenvalue weighted by atomic mass is 10.0. The zero-order valence-corrected chi connectivity index (χ0v) is 14.9. The normalized spacial score (nSPS) is 33.2. The lowest BCUT2D eigenvalue weighted by molar-refractivity contribution is -0.108. The minimum Gasteiger partial charge on any atom is -0.369 e. The monoisotopic (exact) mass is 368 g/mol. The predicted molar refractivity (Wildman–Crippen MR) is 83.2 cm³/mol. The molecular formula is C13H25BrN2O3S. The fraction of sp³-hybridized carbons (Fsp3) is 1.00. The number of piperidine rings is 1. The van der Waals surface area contributed by atoms with E-state index >= 15 is 0 Å². The van der Waals surface area contributed by atoms with E-state index in [0.29, 0.717) is 37.4 Å². The molecule has 2 atom stereocenters. The van der Waals surface area contributed by atoms with Crippen LogP contribution >= 0.6 is 15.9 Å². The molecule has 2 heterocycles. The minimum atomic E-state index is -3.37. The number of morpholine rings is 1. The number of rotatable bonds is 3. The van der Waals surface area contributed by atoms with Crippen LogP contribution in [0.5, 0.6) is 0 Å². The van der Waals surface area contributed by atoms with E-state index in [-0.39, 0.29) is 6.10 Å². The smallest absolute Gasteiger partial charge is 0.282 e. The molecule has 0 N–H and O–H groups in total. The quantitative estimate of drug-likeness (QED) is 0.714. The van der Waals surface area contributed by atoms with Crippen molar-refractivity contribution >= 4 is 26.1 Å². The molecule has 0 aliphatic carbocycles. The van der Waals surface area contributed by atoms with E-state index in [1.54, 1.807) is 8.61 Å². The molecule has 0 aromatic heterocycles. The third kappa shape index (κ3) is 3.74. The number of hydrogen-bond donors (Lipinski definition) is 0. The van der Waals surface area contributed by atoms with Gasteiger partial charge >= 0.3 is 0 Å². The first-order valence-corrected chi connectivity index (χ1v) is 9.75. The van der Waals surface area contributed by atoms with E-state index in [2.05, 4.69) is 22.9 Å². The van der Waals surface area contributed by atoms with Crippen LogP contribution in [0.25, 0.3) is 0 Å². The molecule has 2 rings (SSSR count). The van der Waals surface area contributed by atoms with Crippen molar-refractivity contribution in [3.8, 4) is 0 Å². The average molecular weight is 369 g/mol. The van der Waals surface area contributed by atoms with Crippen LogP contribution in [0.1, 0.15) is 33.6 Å². The van der Waals surface area contributed by atoms with Crippen molar-refractivity contribution in [2.75, 3.05) is 31.5 Å². The van der Waals surface area contributed by atoms with Crippen LogP contribution in [0.2, 0.25) is 0 Å². The predicted octanol–water partition coefficient (Wildman–Crippen LogP) is 1.84. The van der Waals surface area contributed by atoms with Gasteiger partial charge in [0.05, 0.1) is 11.7 Å². The van der Waals surface area contributed by atoms with Crippen LogP contribution in [-0.2, 0) is 14.9 Å². The molecule has 2 unspecified atom stereocenters. The Morgan fingerprint density at radius 1 is 1.30 bits per heavy atom. The van der Waals surface area contributed by atoms with E-state index in [1.807, 2.05) is 13.8 Å². The highest BCUT2D eigenvalue weighted by Gasteiger charge is 2.41. The summed E-state index contributed by atoms with van der Waals surface area (Å²) >= 11 is 3.40. The van der Waals surface area contributed by atoms with Gasteiger partial charge in [0, 0.05) is 31.5 Å². The molecule has 7 heteroatoms. The Kier molecular flexibility index (Phi) is 5.17. The first kappa shape index (κ1) is 16.7. The van der Waals surface area contributed by atoms with E-state index in [0.717, 1.165) is 12.8 Å². The Morgan fingerprint density at radius 3 is 2.60 bits per heavy atom. The van der Waals surface area contributed by atoms with Crippen LogP contribution in [0, 0.1) is 5.92 Å². The van der Waals surface area contributed by atoms with Gasteiger partial charge in [0.2, 0.25) is 0 Å². The zero-order valence-electron chi connectivity index (χ0n) is 12.5. The number of alkyl halides is 1. The second kappa shape index (κ2) is 6.20. The van der Waals surface area contributed by atoms with Crippen molar-refractivity contribution in [2.45, 2.75) is 45.3 Å². The average Bonchev–Trinajstić information content (AvgIpc) is 2.36. The van der Waals surface area contributed by atoms with Gasteiger partial charge in [0.1, 0.15) is 0 Å². The SMILES string of the molecule is CC1CCCN(S(=O)(=O)N2CC(CBr)OC(C)(C)C2)C1. The van der Waals surface area contributed by atoms with Crippen LogP contribution < -0.4 is 0 Å². The Labute approximate surface area is 131 Å². The third-order valence-electron chi connectivity index (χ3n) is 3.89. The van der Waals surface area contributed by atoms with Crippen LogP contribution in [-0.4, -0.2) is 60.2 Å². The van der Waals surface area contributed by atoms with Gasteiger partial charge in [-0.15, -0.1) is 0 Å². The molecule has 2 saturated heterocycles. The zero-order chi connectivity index (χ0) is 15.0. The number of nitrogens with zero attached hydrogens (tertiary/aromatic N) is 2. The summed E-state index contributed by atoms with van der Waals surface area (Å²) in [4.78, 5) is 0. The van der Waals surface area contributed by atoms with Crippen LogP contribution in [0.4, 0.5) is 0 Å². The van der Waals surface area contributed by atoms with Crippen molar-refractivity contribution in [1.82, 2.24) is 8.61 Å². The molecule has 2 aliphatic heterocycles. The first-order chi connectivity index (χ1) is 9.24. The molecule has 0 bridgehead atoms. The van der Waals surface area contributed by atoms with E-state index in [4.69, 9.17) is 4.74 Å². The van der Waals surface area contributed by atoms with Crippen molar-refractivity contribution in [2.24, 2.45) is 5.92 Å². The van der Waals surface area contributed by atoms with E-state index in [9.17, 15) is 8.42 Å².